The van der Waals surface area contributed by atoms with Gasteiger partial charge in [0.15, 0.2) is 0 Å². The molecule has 0 saturated heterocycles. The van der Waals surface area contributed by atoms with E-state index < -0.39 is 6.08 Å². The summed E-state index contributed by atoms with van der Waals surface area (Å²) in [5, 5.41) is 0. The average Bonchev–Trinajstić information content (AvgIpc) is 1.35. The van der Waals surface area contributed by atoms with Gasteiger partial charge in [-0.2, -0.15) is 8.78 Å². The van der Waals surface area contributed by atoms with Gasteiger partial charge < -0.3 is 0 Å². The molecule has 6 heavy (non-hydrogen) atoms. The first-order valence-electron chi connectivity index (χ1n) is 1.34. The van der Waals surface area contributed by atoms with Gasteiger partial charge in [-0.05, 0) is 6.08 Å². The summed E-state index contributed by atoms with van der Waals surface area (Å²) in [6.45, 7) is 0. The zero-order chi connectivity index (χ0) is 4.99. The normalized spacial score (nSPS) is 7.83. The first kappa shape index (κ1) is 6.33. The standard InChI is InChI=1S/C3H3F2I/c4-3(5)1-2-6/h1H,2H2. The van der Waals surface area contributed by atoms with Gasteiger partial charge >= 0.3 is 0 Å². The molecule has 0 aliphatic carbocycles. The first-order chi connectivity index (χ1) is 2.77. The van der Waals surface area contributed by atoms with Crippen molar-refractivity contribution < 1.29 is 8.78 Å². The van der Waals surface area contributed by atoms with Crippen LogP contribution in [0.3, 0.4) is 0 Å². The second-order valence-corrected chi connectivity index (χ2v) is 1.53. The maximum atomic E-state index is 10.9. The van der Waals surface area contributed by atoms with Gasteiger partial charge in [-0.15, -0.1) is 0 Å². The second-order valence-electron chi connectivity index (χ2n) is 0.648. The molecule has 0 heterocycles. The van der Waals surface area contributed by atoms with Crippen molar-refractivity contribution in [3.05, 3.63) is 12.2 Å². The van der Waals surface area contributed by atoms with E-state index in [1.54, 1.807) is 0 Å². The molecule has 0 amide bonds. The van der Waals surface area contributed by atoms with Crippen molar-refractivity contribution in [3.63, 3.8) is 0 Å². The Morgan fingerprint density at radius 2 is 2.17 bits per heavy atom. The van der Waals surface area contributed by atoms with Crippen molar-refractivity contribution in [2.75, 3.05) is 4.43 Å². The molecule has 0 aromatic heterocycles. The Hall–Kier alpha value is 0.330. The molecule has 0 unspecified atom stereocenters. The van der Waals surface area contributed by atoms with Crippen molar-refractivity contribution >= 4 is 22.6 Å². The quantitative estimate of drug-likeness (QED) is 0.453. The molecular formula is C3H3F2I. The van der Waals surface area contributed by atoms with Crippen molar-refractivity contribution in [3.8, 4) is 0 Å². The lowest BCUT2D eigenvalue weighted by atomic mass is 10.7. The van der Waals surface area contributed by atoms with E-state index in [1.807, 2.05) is 22.6 Å². The molecule has 0 nitrogen and oxygen atoms in total. The zero-order valence-electron chi connectivity index (χ0n) is 2.92. The Morgan fingerprint density at radius 1 is 1.67 bits per heavy atom. The molecule has 0 aliphatic rings. The number of alkyl halides is 1. The van der Waals surface area contributed by atoms with Crippen LogP contribution >= 0.6 is 22.6 Å². The molecule has 0 fully saturated rings. The third kappa shape index (κ3) is 4.33. The molecule has 0 aromatic carbocycles. The van der Waals surface area contributed by atoms with E-state index in [4.69, 9.17) is 0 Å². The topological polar surface area (TPSA) is 0 Å². The highest BCUT2D eigenvalue weighted by atomic mass is 127. The highest BCUT2D eigenvalue weighted by Crippen LogP contribution is 1.96. The number of halogens is 3. The predicted molar refractivity (Wildman–Crippen MR) is 29.2 cm³/mol. The monoisotopic (exact) mass is 204 g/mol. The van der Waals surface area contributed by atoms with Crippen molar-refractivity contribution in [1.82, 2.24) is 0 Å². The smallest absolute Gasteiger partial charge is 0.174 e. The van der Waals surface area contributed by atoms with Gasteiger partial charge in [-0.1, -0.05) is 22.6 Å². The molecule has 0 saturated carbocycles. The maximum Gasteiger partial charge on any atom is 0.267 e. The van der Waals surface area contributed by atoms with Crippen LogP contribution in [-0.2, 0) is 0 Å². The summed E-state index contributed by atoms with van der Waals surface area (Å²) >= 11 is 1.85. The van der Waals surface area contributed by atoms with Crippen LogP contribution in [-0.4, -0.2) is 4.43 Å². The fourth-order valence-electron chi connectivity index (χ4n) is 0.0583. The average molecular weight is 204 g/mol. The number of rotatable bonds is 1. The van der Waals surface area contributed by atoms with Gasteiger partial charge in [0.2, 0.25) is 0 Å². The summed E-state index contributed by atoms with van der Waals surface area (Å²) in [5.41, 5.74) is 0. The molecule has 0 atom stereocenters. The van der Waals surface area contributed by atoms with Gasteiger partial charge in [0.1, 0.15) is 0 Å². The molecule has 0 spiro atoms. The molecule has 0 aliphatic heterocycles. The van der Waals surface area contributed by atoms with Crippen LogP contribution in [0.2, 0.25) is 0 Å². The SMILES string of the molecule is FC(F)=CCI. The van der Waals surface area contributed by atoms with Gasteiger partial charge in [-0.25, -0.2) is 0 Å². The minimum Gasteiger partial charge on any atom is -0.174 e. The van der Waals surface area contributed by atoms with E-state index >= 15 is 0 Å². The molecule has 36 valence electrons. The van der Waals surface area contributed by atoms with E-state index in [2.05, 4.69) is 0 Å². The van der Waals surface area contributed by atoms with Crippen LogP contribution in [0.4, 0.5) is 8.78 Å². The van der Waals surface area contributed by atoms with E-state index in [9.17, 15) is 8.78 Å². The van der Waals surface area contributed by atoms with Crippen molar-refractivity contribution in [2.45, 2.75) is 0 Å². The van der Waals surface area contributed by atoms with Gasteiger partial charge in [0, 0.05) is 4.43 Å². The van der Waals surface area contributed by atoms with Crippen LogP contribution in [0.5, 0.6) is 0 Å². The Kier molecular flexibility index (Phi) is 3.71. The number of hydrogen-bond acceptors (Lipinski definition) is 0. The Bertz CT molecular complexity index is 55.8. The predicted octanol–water partition coefficient (Wildman–Crippen LogP) is 2.20. The highest BCUT2D eigenvalue weighted by Gasteiger charge is 1.79. The first-order valence-corrected chi connectivity index (χ1v) is 2.87. The van der Waals surface area contributed by atoms with Gasteiger partial charge in [0.25, 0.3) is 6.08 Å². The fourth-order valence-corrected chi connectivity index (χ4v) is 0.391. The van der Waals surface area contributed by atoms with E-state index in [0.29, 0.717) is 4.43 Å². The minimum absolute atomic E-state index is 0.389. The minimum atomic E-state index is -1.59. The lowest BCUT2D eigenvalue weighted by molar-refractivity contribution is 0.421. The van der Waals surface area contributed by atoms with Crippen LogP contribution in [0.1, 0.15) is 0 Å². The third-order valence-electron chi connectivity index (χ3n) is 0.231. The van der Waals surface area contributed by atoms with Gasteiger partial charge in [0.05, 0.1) is 0 Å². The fraction of sp³-hybridized carbons (Fsp3) is 0.333. The van der Waals surface area contributed by atoms with Crippen molar-refractivity contribution in [2.24, 2.45) is 0 Å². The summed E-state index contributed by atoms with van der Waals surface area (Å²) in [7, 11) is 0. The Morgan fingerprint density at radius 3 is 2.17 bits per heavy atom. The largest absolute Gasteiger partial charge is 0.267 e. The number of allylic oxidation sites excluding steroid dienone is 1. The summed E-state index contributed by atoms with van der Waals surface area (Å²) in [5.74, 6) is 0. The van der Waals surface area contributed by atoms with Crippen molar-refractivity contribution in [1.29, 1.82) is 0 Å². The molecule has 0 bridgehead atoms. The lowest BCUT2D eigenvalue weighted by Gasteiger charge is -1.69. The van der Waals surface area contributed by atoms with E-state index in [0.717, 1.165) is 6.08 Å². The van der Waals surface area contributed by atoms with Crippen LogP contribution in [0, 0.1) is 0 Å². The molecule has 0 aromatic rings. The summed E-state index contributed by atoms with van der Waals surface area (Å²) in [4.78, 5) is 0. The highest BCUT2D eigenvalue weighted by molar-refractivity contribution is 14.1. The maximum absolute atomic E-state index is 10.9. The zero-order valence-corrected chi connectivity index (χ0v) is 5.08. The molecule has 0 rings (SSSR count). The van der Waals surface area contributed by atoms with E-state index in [-0.39, 0.29) is 0 Å². The third-order valence-corrected chi connectivity index (χ3v) is 0.672. The van der Waals surface area contributed by atoms with Crippen LogP contribution in [0.25, 0.3) is 0 Å². The Labute approximate surface area is 48.4 Å². The van der Waals surface area contributed by atoms with Crippen LogP contribution in [0.15, 0.2) is 12.2 Å². The Balaban J connectivity index is 3.14. The number of hydrogen-bond donors (Lipinski definition) is 0. The summed E-state index contributed by atoms with van der Waals surface area (Å²) in [6, 6.07) is 0. The molecule has 3 heteroatoms. The van der Waals surface area contributed by atoms with Crippen LogP contribution < -0.4 is 0 Å². The molecule has 0 radical (unpaired) electrons. The second kappa shape index (κ2) is 3.52. The summed E-state index contributed by atoms with van der Waals surface area (Å²) < 4.78 is 22.2. The van der Waals surface area contributed by atoms with Gasteiger partial charge in [-0.3, -0.25) is 0 Å². The lowest BCUT2D eigenvalue weighted by Crippen LogP contribution is -1.57. The van der Waals surface area contributed by atoms with E-state index in [1.165, 1.54) is 0 Å². The summed E-state index contributed by atoms with van der Waals surface area (Å²) in [6.07, 6.45) is -0.731. The molecular weight excluding hydrogens is 201 g/mol. The molecule has 0 N–H and O–H groups in total.